The molecule has 152 valence electrons. The van der Waals surface area contributed by atoms with Crippen molar-refractivity contribution in [1.29, 1.82) is 0 Å². The highest BCUT2D eigenvalue weighted by Crippen LogP contribution is 2.22. The highest BCUT2D eigenvalue weighted by Gasteiger charge is 2.04. The molecule has 2 aromatic heterocycles. The van der Waals surface area contributed by atoms with Gasteiger partial charge in [-0.15, -0.1) is 0 Å². The Bertz CT molecular complexity index is 996. The lowest BCUT2D eigenvalue weighted by atomic mass is 10.1. The fraction of sp³-hybridized carbons (Fsp3) is 0.304. The number of aryl methyl sites for hydroxylation is 1. The molecule has 0 saturated heterocycles. The lowest BCUT2D eigenvalue weighted by molar-refractivity contribution is 0.486. The molecular weight excluding hydrogens is 380 g/mol. The first-order valence-corrected chi connectivity index (χ1v) is 10.8. The summed E-state index contributed by atoms with van der Waals surface area (Å²) in [7, 11) is 4.15. The molecule has 2 heterocycles. The summed E-state index contributed by atoms with van der Waals surface area (Å²) in [6.45, 7) is 2.67. The third-order valence-electron chi connectivity index (χ3n) is 4.57. The molecule has 0 bridgehead atoms. The van der Waals surface area contributed by atoms with E-state index < -0.39 is 0 Å². The van der Waals surface area contributed by atoms with E-state index in [9.17, 15) is 0 Å². The quantitative estimate of drug-likeness (QED) is 0.570. The van der Waals surface area contributed by atoms with Crippen LogP contribution in [0, 0.1) is 6.92 Å². The minimum absolute atomic E-state index is 0.572. The first-order valence-electron chi connectivity index (χ1n) is 9.65. The molecule has 0 spiro atoms. The summed E-state index contributed by atoms with van der Waals surface area (Å²) in [5.41, 5.74) is 13.1. The Labute approximate surface area is 176 Å². The van der Waals surface area contributed by atoms with Gasteiger partial charge < -0.3 is 15.1 Å². The fourth-order valence-electron chi connectivity index (χ4n) is 2.98. The number of nitrogens with zero attached hydrogens (tertiary/aromatic N) is 3. The van der Waals surface area contributed by atoms with E-state index in [1.54, 1.807) is 6.26 Å². The molecule has 3 rings (SSSR count). The molecule has 0 aliphatic rings. The number of pyridine rings is 1. The molecule has 0 atom stereocenters. The van der Waals surface area contributed by atoms with Crippen LogP contribution in [0.3, 0.4) is 0 Å². The first-order chi connectivity index (χ1) is 14.0. The van der Waals surface area contributed by atoms with Crippen LogP contribution in [0.5, 0.6) is 0 Å². The number of thioether (sulfide) groups is 1. The number of aromatic nitrogens is 1. The maximum Gasteiger partial charge on any atom is 0.215 e. The smallest absolute Gasteiger partial charge is 0.215 e. The van der Waals surface area contributed by atoms with E-state index in [4.69, 9.17) is 10.2 Å². The van der Waals surface area contributed by atoms with E-state index in [-0.39, 0.29) is 0 Å². The number of hydrogen-bond acceptors (Lipinski definition) is 6. The van der Waals surface area contributed by atoms with Gasteiger partial charge in [-0.1, -0.05) is 24.3 Å². The van der Waals surface area contributed by atoms with Crippen LogP contribution in [0.1, 0.15) is 22.4 Å². The van der Waals surface area contributed by atoms with Crippen LogP contribution >= 0.6 is 11.8 Å². The van der Waals surface area contributed by atoms with Crippen molar-refractivity contribution in [3.05, 3.63) is 82.9 Å². The van der Waals surface area contributed by atoms with Crippen LogP contribution in [0.4, 0.5) is 11.4 Å². The fourth-order valence-corrected chi connectivity index (χ4v) is 3.81. The van der Waals surface area contributed by atoms with Gasteiger partial charge in [0.05, 0.1) is 12.8 Å². The monoisotopic (exact) mass is 408 g/mol. The lowest BCUT2D eigenvalue weighted by Gasteiger charge is -2.16. The summed E-state index contributed by atoms with van der Waals surface area (Å²) in [4.78, 5) is 11.0. The molecule has 0 aliphatic carbocycles. The zero-order chi connectivity index (χ0) is 20.6. The van der Waals surface area contributed by atoms with Gasteiger partial charge in [0.1, 0.15) is 0 Å². The van der Waals surface area contributed by atoms with Crippen molar-refractivity contribution in [3.63, 3.8) is 0 Å². The number of para-hydroxylation sites is 1. The molecule has 0 saturated carbocycles. The highest BCUT2D eigenvalue weighted by atomic mass is 32.2. The van der Waals surface area contributed by atoms with Crippen LogP contribution in [-0.4, -0.2) is 31.4 Å². The van der Waals surface area contributed by atoms with Crippen molar-refractivity contribution in [3.8, 4) is 0 Å². The molecule has 0 fully saturated rings. The van der Waals surface area contributed by atoms with Gasteiger partial charge >= 0.3 is 0 Å². The number of hydrogen-bond donors (Lipinski definition) is 1. The second-order valence-electron chi connectivity index (χ2n) is 7.14. The van der Waals surface area contributed by atoms with Gasteiger partial charge in [-0.05, 0) is 30.2 Å². The summed E-state index contributed by atoms with van der Waals surface area (Å²) >= 11 is 1.87. The molecular formula is C23H28N4OS. The predicted octanol–water partition coefficient (Wildman–Crippen LogP) is 4.06. The average Bonchev–Trinajstić information content (AvgIpc) is 2.71. The van der Waals surface area contributed by atoms with Crippen molar-refractivity contribution < 1.29 is 4.42 Å². The largest absolute Gasteiger partial charge is 0.447 e. The Morgan fingerprint density at radius 2 is 1.97 bits per heavy atom. The molecule has 1 aromatic carbocycles. The zero-order valence-electron chi connectivity index (χ0n) is 17.3. The van der Waals surface area contributed by atoms with Gasteiger partial charge in [-0.25, -0.2) is 0 Å². The van der Waals surface area contributed by atoms with E-state index in [0.717, 1.165) is 28.3 Å². The Kier molecular flexibility index (Phi) is 7.36. The lowest BCUT2D eigenvalue weighted by Crippen LogP contribution is -2.10. The number of benzene rings is 1. The zero-order valence-corrected chi connectivity index (χ0v) is 18.1. The van der Waals surface area contributed by atoms with Crippen molar-refractivity contribution in [2.24, 2.45) is 4.99 Å². The maximum absolute atomic E-state index is 6.20. The summed E-state index contributed by atoms with van der Waals surface area (Å²) in [6.07, 6.45) is 4.28. The average molecular weight is 409 g/mol. The number of rotatable bonds is 8. The molecule has 5 nitrogen and oxygen atoms in total. The van der Waals surface area contributed by atoms with Crippen LogP contribution in [0.15, 0.2) is 64.3 Å². The Morgan fingerprint density at radius 3 is 2.69 bits per heavy atom. The number of anilines is 2. The topological polar surface area (TPSA) is 67.7 Å². The van der Waals surface area contributed by atoms with E-state index in [1.165, 1.54) is 11.3 Å². The molecule has 0 radical (unpaired) electrons. The maximum atomic E-state index is 6.20. The van der Waals surface area contributed by atoms with Gasteiger partial charge in [-0.2, -0.15) is 11.8 Å². The van der Waals surface area contributed by atoms with Gasteiger partial charge in [0.2, 0.25) is 5.55 Å². The van der Waals surface area contributed by atoms with Crippen molar-refractivity contribution in [2.75, 3.05) is 37.0 Å². The van der Waals surface area contributed by atoms with Crippen molar-refractivity contribution >= 4 is 23.1 Å². The van der Waals surface area contributed by atoms with E-state index in [1.807, 2.05) is 37.0 Å². The molecule has 2 N–H and O–H groups in total. The summed E-state index contributed by atoms with van der Waals surface area (Å²) in [5.74, 6) is 1.89. The predicted molar refractivity (Wildman–Crippen MR) is 122 cm³/mol. The summed E-state index contributed by atoms with van der Waals surface area (Å²) < 4.78 is 5.67. The summed E-state index contributed by atoms with van der Waals surface area (Å²) in [5, 5.41) is 0. The van der Waals surface area contributed by atoms with Crippen LogP contribution in [0.25, 0.3) is 0 Å². The number of nitrogen functional groups attached to an aromatic ring is 1. The van der Waals surface area contributed by atoms with Crippen LogP contribution < -0.4 is 16.2 Å². The third kappa shape index (κ3) is 6.12. The Hall–Kier alpha value is -2.73. The van der Waals surface area contributed by atoms with E-state index in [0.29, 0.717) is 24.2 Å². The van der Waals surface area contributed by atoms with Gasteiger partial charge in [-0.3, -0.25) is 9.98 Å². The highest BCUT2D eigenvalue weighted by molar-refractivity contribution is 7.98. The minimum atomic E-state index is 0.572. The molecule has 3 aromatic rings. The first kappa shape index (κ1) is 21.0. The SMILES string of the molecule is Cc1ccc(Cc2coc(=NCCSCc3ccccc3N(C)C)cc2N)cn1. The van der Waals surface area contributed by atoms with E-state index >= 15 is 0 Å². The normalized spacial score (nSPS) is 11.6. The standard InChI is InChI=1S/C23H28N4OS/c1-17-8-9-18(14-26-17)12-20-15-28-23(13-21(20)24)25-10-11-29-16-19-6-4-5-7-22(19)27(2)3/h4-9,13-15H,10-12,16,24H2,1-3H3. The van der Waals surface area contributed by atoms with E-state index in [2.05, 4.69) is 59.3 Å². The summed E-state index contributed by atoms with van der Waals surface area (Å²) in [6, 6.07) is 14.4. The van der Waals surface area contributed by atoms with Crippen LogP contribution in [-0.2, 0) is 12.2 Å². The van der Waals surface area contributed by atoms with Gasteiger partial charge in [0, 0.05) is 66.9 Å². The second-order valence-corrected chi connectivity index (χ2v) is 8.25. The molecule has 6 heteroatoms. The second kappa shape index (κ2) is 10.2. The Morgan fingerprint density at radius 1 is 1.14 bits per heavy atom. The molecule has 0 unspecified atom stereocenters. The van der Waals surface area contributed by atoms with Gasteiger partial charge in [0.15, 0.2) is 0 Å². The van der Waals surface area contributed by atoms with Crippen molar-refractivity contribution in [2.45, 2.75) is 19.1 Å². The minimum Gasteiger partial charge on any atom is -0.447 e. The number of nitrogens with two attached hydrogens (primary N) is 1. The van der Waals surface area contributed by atoms with Crippen molar-refractivity contribution in [1.82, 2.24) is 4.98 Å². The van der Waals surface area contributed by atoms with Gasteiger partial charge in [0.25, 0.3) is 0 Å². The third-order valence-corrected chi connectivity index (χ3v) is 5.56. The Balaban J connectivity index is 1.53. The van der Waals surface area contributed by atoms with Crippen LogP contribution in [0.2, 0.25) is 0 Å². The molecule has 0 amide bonds. The molecule has 0 aliphatic heterocycles. The molecule has 29 heavy (non-hydrogen) atoms.